The van der Waals surface area contributed by atoms with Crippen molar-refractivity contribution in [3.63, 3.8) is 0 Å². The molecule has 0 atom stereocenters. The van der Waals surface area contributed by atoms with Crippen LogP contribution in [0.1, 0.15) is 51.9 Å². The molecule has 0 aliphatic rings. The Morgan fingerprint density at radius 2 is 1.46 bits per heavy atom. The predicted octanol–water partition coefficient (Wildman–Crippen LogP) is 3.04. The molecule has 0 aromatic heterocycles. The summed E-state index contributed by atoms with van der Waals surface area (Å²) in [6.45, 7) is 2.18. The molecule has 0 fully saturated rings. The van der Waals surface area contributed by atoms with Gasteiger partial charge in [0, 0.05) is 6.42 Å². The van der Waals surface area contributed by atoms with Crippen molar-refractivity contribution in [2.75, 3.05) is 0 Å². The molecular weight excluding hydrogens is 172 g/mol. The van der Waals surface area contributed by atoms with E-state index < -0.39 is 6.29 Å². The van der Waals surface area contributed by atoms with Crippen LogP contribution in [0.4, 0.5) is 0 Å². The molecule has 13 heavy (non-hydrogen) atoms. The maximum Gasteiger partial charge on any atom is 0.223 e. The molecule has 0 radical (unpaired) electrons. The van der Waals surface area contributed by atoms with E-state index in [-0.39, 0.29) is 0 Å². The summed E-state index contributed by atoms with van der Waals surface area (Å²) >= 11 is 0. The molecule has 0 aromatic carbocycles. The van der Waals surface area contributed by atoms with Crippen LogP contribution in [-0.4, -0.2) is 16.8 Å². The fraction of sp³-hybridized carbons (Fsp3) is 1.00. The van der Waals surface area contributed by atoms with Crippen LogP contribution in [0.2, 0.25) is 0 Å². The van der Waals surface area contributed by atoms with Crippen LogP contribution >= 0.6 is 0 Å². The third-order valence-electron chi connectivity index (χ3n) is 2.03. The van der Waals surface area contributed by atoms with E-state index in [1.807, 2.05) is 0 Å². The van der Waals surface area contributed by atoms with Crippen LogP contribution in [0.25, 0.3) is 0 Å². The quantitative estimate of drug-likeness (QED) is 0.255. The summed E-state index contributed by atoms with van der Waals surface area (Å²) in [5.74, 6) is 0. The Hall–Kier alpha value is -0.160. The molecule has 0 aliphatic heterocycles. The zero-order chi connectivity index (χ0) is 9.94. The number of unbranched alkanes of at least 4 members (excludes halogenated alkanes) is 5. The van der Waals surface area contributed by atoms with Gasteiger partial charge in [0.2, 0.25) is 6.29 Å². The van der Waals surface area contributed by atoms with Crippen molar-refractivity contribution in [2.24, 2.45) is 0 Å². The highest BCUT2D eigenvalue weighted by Gasteiger charge is 2.07. The van der Waals surface area contributed by atoms with Gasteiger partial charge in [0.15, 0.2) is 0 Å². The predicted molar refractivity (Wildman–Crippen MR) is 49.2 cm³/mol. The van der Waals surface area contributed by atoms with Gasteiger partial charge in [-0.3, -0.25) is 0 Å². The highest BCUT2D eigenvalue weighted by molar-refractivity contribution is 4.46. The van der Waals surface area contributed by atoms with Gasteiger partial charge in [-0.2, -0.15) is 0 Å². The molecule has 0 saturated carbocycles. The van der Waals surface area contributed by atoms with E-state index >= 15 is 0 Å². The van der Waals surface area contributed by atoms with Gasteiger partial charge in [-0.1, -0.05) is 39.0 Å². The second kappa shape index (κ2) is 9.92. The molecule has 0 spiro atoms. The molecule has 4 nitrogen and oxygen atoms in total. The van der Waals surface area contributed by atoms with E-state index in [2.05, 4.69) is 16.7 Å². The Kier molecular flexibility index (Phi) is 9.80. The molecule has 4 heteroatoms. The maximum atomic E-state index is 8.18. The third-order valence-corrected chi connectivity index (χ3v) is 2.03. The summed E-state index contributed by atoms with van der Waals surface area (Å²) in [5, 5.41) is 16.4. The zero-order valence-electron chi connectivity index (χ0n) is 8.24. The van der Waals surface area contributed by atoms with Crippen LogP contribution in [0.3, 0.4) is 0 Å². The van der Waals surface area contributed by atoms with Crippen molar-refractivity contribution < 1.29 is 20.3 Å². The molecule has 0 unspecified atom stereocenters. The Bertz CT molecular complexity index is 93.6. The van der Waals surface area contributed by atoms with E-state index in [0.29, 0.717) is 6.42 Å². The van der Waals surface area contributed by atoms with Gasteiger partial charge in [0.1, 0.15) is 0 Å². The first-order chi connectivity index (χ1) is 6.35. The topological polar surface area (TPSA) is 58.9 Å². The third kappa shape index (κ3) is 8.18. The Labute approximate surface area is 79.3 Å². The smallest absolute Gasteiger partial charge is 0.223 e. The summed E-state index contributed by atoms with van der Waals surface area (Å²) in [7, 11) is 0. The van der Waals surface area contributed by atoms with Crippen LogP contribution in [-0.2, 0) is 9.78 Å². The van der Waals surface area contributed by atoms with Gasteiger partial charge in [0.05, 0.1) is 0 Å². The summed E-state index contributed by atoms with van der Waals surface area (Å²) in [5.41, 5.74) is 0. The average Bonchev–Trinajstić information content (AvgIpc) is 2.17. The first kappa shape index (κ1) is 12.8. The molecule has 2 N–H and O–H groups in total. The summed E-state index contributed by atoms with van der Waals surface area (Å²) in [6.07, 6.45) is 6.58. The van der Waals surface area contributed by atoms with Crippen molar-refractivity contribution in [3.8, 4) is 0 Å². The Morgan fingerprint density at radius 1 is 0.923 bits per heavy atom. The van der Waals surface area contributed by atoms with E-state index in [9.17, 15) is 0 Å². The van der Waals surface area contributed by atoms with Crippen molar-refractivity contribution in [3.05, 3.63) is 0 Å². The lowest BCUT2D eigenvalue weighted by atomic mass is 10.1. The van der Waals surface area contributed by atoms with Crippen LogP contribution in [0.5, 0.6) is 0 Å². The van der Waals surface area contributed by atoms with Crippen molar-refractivity contribution in [2.45, 2.75) is 58.2 Å². The van der Waals surface area contributed by atoms with Gasteiger partial charge >= 0.3 is 0 Å². The highest BCUT2D eigenvalue weighted by atomic mass is 17.2. The number of hydrogen-bond donors (Lipinski definition) is 2. The van der Waals surface area contributed by atoms with Crippen molar-refractivity contribution in [1.29, 1.82) is 0 Å². The van der Waals surface area contributed by atoms with Crippen LogP contribution in [0, 0.1) is 0 Å². The first-order valence-electron chi connectivity index (χ1n) is 4.95. The first-order valence-corrected chi connectivity index (χ1v) is 4.95. The van der Waals surface area contributed by atoms with Crippen LogP contribution < -0.4 is 0 Å². The fourth-order valence-electron chi connectivity index (χ4n) is 1.22. The molecule has 0 rings (SSSR count). The Morgan fingerprint density at radius 3 is 2.00 bits per heavy atom. The second-order valence-corrected chi connectivity index (χ2v) is 3.20. The molecule has 0 heterocycles. The van der Waals surface area contributed by atoms with Crippen LogP contribution in [0.15, 0.2) is 0 Å². The largest absolute Gasteiger partial charge is 0.249 e. The minimum Gasteiger partial charge on any atom is -0.249 e. The molecule has 0 saturated heterocycles. The maximum absolute atomic E-state index is 8.18. The van der Waals surface area contributed by atoms with Gasteiger partial charge in [-0.25, -0.2) is 20.3 Å². The van der Waals surface area contributed by atoms with Gasteiger partial charge in [-0.05, 0) is 6.42 Å². The normalized spacial score (nSPS) is 11.1. The molecule has 0 bridgehead atoms. The molecular formula is C9H20O4. The lowest BCUT2D eigenvalue weighted by molar-refractivity contribution is -0.432. The summed E-state index contributed by atoms with van der Waals surface area (Å²) in [4.78, 5) is 7.71. The van der Waals surface area contributed by atoms with Crippen molar-refractivity contribution >= 4 is 0 Å². The minimum absolute atomic E-state index is 0.527. The zero-order valence-corrected chi connectivity index (χ0v) is 8.24. The SMILES string of the molecule is CCCCCCCCC(OO)OO. The molecule has 0 aliphatic carbocycles. The van der Waals surface area contributed by atoms with Crippen molar-refractivity contribution in [1.82, 2.24) is 0 Å². The fourth-order valence-corrected chi connectivity index (χ4v) is 1.22. The lowest BCUT2D eigenvalue weighted by Gasteiger charge is -2.08. The van der Waals surface area contributed by atoms with E-state index in [1.165, 1.54) is 25.7 Å². The molecule has 80 valence electrons. The van der Waals surface area contributed by atoms with Gasteiger partial charge < -0.3 is 0 Å². The molecule has 0 amide bonds. The van der Waals surface area contributed by atoms with E-state index in [4.69, 9.17) is 10.5 Å². The molecule has 0 aromatic rings. The summed E-state index contributed by atoms with van der Waals surface area (Å²) in [6, 6.07) is 0. The minimum atomic E-state index is -0.883. The Balaban J connectivity index is 3.05. The van der Waals surface area contributed by atoms with Gasteiger partial charge in [0.25, 0.3) is 0 Å². The van der Waals surface area contributed by atoms with Gasteiger partial charge in [-0.15, -0.1) is 0 Å². The van der Waals surface area contributed by atoms with E-state index in [1.54, 1.807) is 0 Å². The summed E-state index contributed by atoms with van der Waals surface area (Å²) < 4.78 is 0. The number of hydrogen-bond acceptors (Lipinski definition) is 4. The number of rotatable bonds is 9. The average molecular weight is 192 g/mol. The van der Waals surface area contributed by atoms with E-state index in [0.717, 1.165) is 12.8 Å². The standard InChI is InChI=1S/C9H20O4/c1-2-3-4-5-6-7-8-9(12-10)13-11/h9-11H,2-8H2,1H3. The highest BCUT2D eigenvalue weighted by Crippen LogP contribution is 2.09. The lowest BCUT2D eigenvalue weighted by Crippen LogP contribution is -2.12. The monoisotopic (exact) mass is 192 g/mol. The second-order valence-electron chi connectivity index (χ2n) is 3.20.